The van der Waals surface area contributed by atoms with Gasteiger partial charge in [-0.2, -0.15) is 0 Å². The fourth-order valence-electron chi connectivity index (χ4n) is 5.72. The van der Waals surface area contributed by atoms with Gasteiger partial charge in [-0.05, 0) is 94.9 Å². The predicted molar refractivity (Wildman–Crippen MR) is 204 cm³/mol. The fraction of sp³-hybridized carbons (Fsp3) is 0.0500. The van der Waals surface area contributed by atoms with Gasteiger partial charge in [0.25, 0.3) is 0 Å². The number of aryl methyl sites for hydroxylation is 1. The highest BCUT2D eigenvalue weighted by molar-refractivity contribution is 6.31. The van der Waals surface area contributed by atoms with Crippen molar-refractivity contribution < 1.29 is 25.4 Å². The van der Waals surface area contributed by atoms with Crippen molar-refractivity contribution in [2.75, 3.05) is 7.11 Å². The SMILES string of the molecule is COc1ccc(Cl)cc1-c1c(C(N)=NO)cccc1-c1ccc(O)cc1.Cc1ccc(Cl)cc1-c1c(C(N)=NO)cccc1-c1ccc(O)cc1. The van der Waals surface area contributed by atoms with Crippen molar-refractivity contribution >= 4 is 34.9 Å². The number of halogens is 2. The summed E-state index contributed by atoms with van der Waals surface area (Å²) in [6, 6.07) is 35.7. The van der Waals surface area contributed by atoms with Crippen LogP contribution >= 0.6 is 23.2 Å². The largest absolute Gasteiger partial charge is 0.508 e. The number of nitrogens with zero attached hydrogens (tertiary/aromatic N) is 2. The molecule has 0 aliphatic carbocycles. The Morgan fingerprint density at radius 3 is 1.45 bits per heavy atom. The van der Waals surface area contributed by atoms with E-state index in [1.807, 2.05) is 61.5 Å². The number of hydrogen-bond donors (Lipinski definition) is 6. The molecule has 6 aromatic carbocycles. The summed E-state index contributed by atoms with van der Waals surface area (Å²) in [5.74, 6) is 0.963. The van der Waals surface area contributed by atoms with Gasteiger partial charge >= 0.3 is 0 Å². The second-order valence-electron chi connectivity index (χ2n) is 11.3. The van der Waals surface area contributed by atoms with Gasteiger partial charge in [0, 0.05) is 37.9 Å². The van der Waals surface area contributed by atoms with Crippen molar-refractivity contribution in [1.29, 1.82) is 0 Å². The summed E-state index contributed by atoms with van der Waals surface area (Å²) in [6.45, 7) is 1.98. The Morgan fingerprint density at radius 1 is 0.569 bits per heavy atom. The normalized spacial score (nSPS) is 11.5. The second kappa shape index (κ2) is 16.0. The summed E-state index contributed by atoms with van der Waals surface area (Å²) < 4.78 is 5.49. The highest BCUT2D eigenvalue weighted by atomic mass is 35.5. The summed E-state index contributed by atoms with van der Waals surface area (Å²) >= 11 is 12.4. The molecule has 0 spiro atoms. The second-order valence-corrected chi connectivity index (χ2v) is 12.2. The number of oxime groups is 2. The molecule has 0 saturated carbocycles. The van der Waals surface area contributed by atoms with Crippen LogP contribution in [-0.2, 0) is 0 Å². The summed E-state index contributed by atoms with van der Waals surface area (Å²) in [6.07, 6.45) is 0. The molecule has 11 heteroatoms. The topological polar surface area (TPSA) is 167 Å². The van der Waals surface area contributed by atoms with E-state index in [1.165, 1.54) is 0 Å². The third kappa shape index (κ3) is 8.02. The van der Waals surface area contributed by atoms with Crippen molar-refractivity contribution in [3.8, 4) is 61.8 Å². The van der Waals surface area contributed by atoms with Gasteiger partial charge in [0.1, 0.15) is 17.2 Å². The first-order valence-electron chi connectivity index (χ1n) is 15.5. The summed E-state index contributed by atoms with van der Waals surface area (Å²) in [4.78, 5) is 0. The van der Waals surface area contributed by atoms with Crippen LogP contribution < -0.4 is 16.2 Å². The summed E-state index contributed by atoms with van der Waals surface area (Å²) in [5.41, 5.74) is 20.6. The summed E-state index contributed by atoms with van der Waals surface area (Å²) in [7, 11) is 1.57. The van der Waals surface area contributed by atoms with Crippen LogP contribution in [0.1, 0.15) is 16.7 Å². The van der Waals surface area contributed by atoms with Gasteiger partial charge in [-0.25, -0.2) is 0 Å². The minimum Gasteiger partial charge on any atom is -0.508 e. The Labute approximate surface area is 304 Å². The Balaban J connectivity index is 0.000000198. The van der Waals surface area contributed by atoms with E-state index in [9.17, 15) is 20.6 Å². The van der Waals surface area contributed by atoms with Crippen molar-refractivity contribution in [2.24, 2.45) is 21.8 Å². The van der Waals surface area contributed by atoms with E-state index in [1.54, 1.807) is 73.8 Å². The lowest BCUT2D eigenvalue weighted by Gasteiger charge is -2.17. The number of benzene rings is 6. The molecule has 0 aliphatic heterocycles. The lowest BCUT2D eigenvalue weighted by molar-refractivity contribution is 0.318. The number of amidine groups is 2. The van der Waals surface area contributed by atoms with Crippen LogP contribution in [0.25, 0.3) is 44.5 Å². The van der Waals surface area contributed by atoms with Gasteiger partial charge in [0.15, 0.2) is 11.7 Å². The van der Waals surface area contributed by atoms with E-state index in [4.69, 9.17) is 39.4 Å². The van der Waals surface area contributed by atoms with E-state index < -0.39 is 0 Å². The number of nitrogens with two attached hydrogens (primary N) is 2. The molecular formula is C40H34Cl2N4O5. The van der Waals surface area contributed by atoms with E-state index in [-0.39, 0.29) is 23.2 Å². The molecule has 0 amide bonds. The third-order valence-electron chi connectivity index (χ3n) is 8.15. The maximum absolute atomic E-state index is 9.58. The lowest BCUT2D eigenvalue weighted by Crippen LogP contribution is -2.15. The van der Waals surface area contributed by atoms with Crippen LogP contribution in [0.2, 0.25) is 10.0 Å². The van der Waals surface area contributed by atoms with Gasteiger partial charge in [0.2, 0.25) is 0 Å². The number of ether oxygens (including phenoxy) is 1. The lowest BCUT2D eigenvalue weighted by atomic mass is 9.88. The number of phenols is 2. The van der Waals surface area contributed by atoms with Crippen LogP contribution in [0.4, 0.5) is 0 Å². The molecule has 9 nitrogen and oxygen atoms in total. The zero-order valence-corrected chi connectivity index (χ0v) is 29.1. The zero-order chi connectivity index (χ0) is 36.7. The van der Waals surface area contributed by atoms with Crippen LogP contribution in [0, 0.1) is 6.92 Å². The first-order valence-corrected chi connectivity index (χ1v) is 16.2. The predicted octanol–water partition coefficient (Wildman–Crippen LogP) is 9.27. The van der Waals surface area contributed by atoms with Gasteiger partial charge in [-0.1, -0.05) is 100 Å². The minimum atomic E-state index is -0.0253. The van der Waals surface area contributed by atoms with E-state index in [0.717, 1.165) is 38.9 Å². The van der Waals surface area contributed by atoms with Crippen molar-refractivity contribution in [3.63, 3.8) is 0 Å². The molecule has 0 fully saturated rings. The number of methoxy groups -OCH3 is 1. The Bertz CT molecular complexity index is 2240. The third-order valence-corrected chi connectivity index (χ3v) is 8.62. The maximum Gasteiger partial charge on any atom is 0.170 e. The average Bonchev–Trinajstić information content (AvgIpc) is 3.15. The molecule has 0 atom stereocenters. The quantitative estimate of drug-likeness (QED) is 0.0414. The molecule has 0 unspecified atom stereocenters. The van der Waals surface area contributed by atoms with Gasteiger partial charge in [-0.15, -0.1) is 0 Å². The molecule has 0 saturated heterocycles. The Morgan fingerprint density at radius 2 is 1.00 bits per heavy atom. The molecule has 51 heavy (non-hydrogen) atoms. The molecule has 0 aromatic heterocycles. The average molecular weight is 722 g/mol. The standard InChI is InChI=1S/C20H17ClN2O3.C20H17ClN2O2/c1-26-18-10-7-13(21)11-17(18)19-15(12-5-8-14(24)9-6-12)3-2-4-16(19)20(22)23-25;1-12-5-8-14(21)11-18(12)19-16(13-6-9-15(24)10-7-13)3-2-4-17(19)20(22)23-25/h2-11,24-25H,1H3,(H2,22,23);2-11,24-25H,1H3,(H2,22,23). The molecule has 0 aliphatic rings. The molecule has 0 radical (unpaired) electrons. The van der Waals surface area contributed by atoms with Gasteiger partial charge in [0.05, 0.1) is 7.11 Å². The molecule has 258 valence electrons. The fourth-order valence-corrected chi connectivity index (χ4v) is 6.07. The molecule has 0 bridgehead atoms. The summed E-state index contributed by atoms with van der Waals surface area (Å²) in [5, 5.41) is 45.0. The Hall–Kier alpha value is -6.16. The van der Waals surface area contributed by atoms with Crippen LogP contribution in [0.15, 0.2) is 132 Å². The number of phenolic OH excluding ortho intramolecular Hbond substituents is 2. The van der Waals surface area contributed by atoms with E-state index in [0.29, 0.717) is 38.0 Å². The number of rotatable bonds is 7. The number of aromatic hydroxyl groups is 2. The van der Waals surface area contributed by atoms with Crippen LogP contribution in [0.3, 0.4) is 0 Å². The highest BCUT2D eigenvalue weighted by Crippen LogP contribution is 2.42. The molecular weight excluding hydrogens is 687 g/mol. The molecule has 8 N–H and O–H groups in total. The molecule has 6 rings (SSSR count). The van der Waals surface area contributed by atoms with E-state index >= 15 is 0 Å². The maximum atomic E-state index is 9.58. The van der Waals surface area contributed by atoms with Crippen LogP contribution in [-0.4, -0.2) is 39.4 Å². The monoisotopic (exact) mass is 720 g/mol. The number of hydrogen-bond acceptors (Lipinski definition) is 7. The van der Waals surface area contributed by atoms with Crippen molar-refractivity contribution in [3.05, 3.63) is 148 Å². The minimum absolute atomic E-state index is 0.0232. The highest BCUT2D eigenvalue weighted by Gasteiger charge is 2.20. The smallest absolute Gasteiger partial charge is 0.170 e. The Kier molecular flexibility index (Phi) is 11.4. The zero-order valence-electron chi connectivity index (χ0n) is 27.5. The molecule has 6 aromatic rings. The van der Waals surface area contributed by atoms with Crippen molar-refractivity contribution in [2.45, 2.75) is 6.92 Å². The first-order chi connectivity index (χ1) is 24.6. The van der Waals surface area contributed by atoms with E-state index in [2.05, 4.69) is 10.3 Å². The van der Waals surface area contributed by atoms with Gasteiger partial charge < -0.3 is 36.8 Å². The first kappa shape index (κ1) is 36.1. The molecule has 0 heterocycles. The van der Waals surface area contributed by atoms with Crippen LogP contribution in [0.5, 0.6) is 17.2 Å². The van der Waals surface area contributed by atoms with Crippen molar-refractivity contribution in [1.82, 2.24) is 0 Å². The van der Waals surface area contributed by atoms with Gasteiger partial charge in [-0.3, -0.25) is 0 Å².